The topological polar surface area (TPSA) is 33.3 Å². The molecule has 1 aromatic rings. The van der Waals surface area contributed by atoms with Crippen molar-refractivity contribution in [1.29, 1.82) is 0 Å². The molecule has 0 bridgehead atoms. The molecule has 7 heteroatoms. The van der Waals surface area contributed by atoms with E-state index in [0.717, 1.165) is 6.42 Å². The van der Waals surface area contributed by atoms with Gasteiger partial charge in [0.25, 0.3) is 0 Å². The van der Waals surface area contributed by atoms with Crippen LogP contribution in [0.1, 0.15) is 32.6 Å². The van der Waals surface area contributed by atoms with E-state index in [0.29, 0.717) is 22.8 Å². The highest BCUT2D eigenvalue weighted by atomic mass is 32.1. The fourth-order valence-corrected chi connectivity index (χ4v) is 2.88. The van der Waals surface area contributed by atoms with Crippen LogP contribution < -0.4 is 15.4 Å². The van der Waals surface area contributed by atoms with Crippen LogP contribution in [-0.4, -0.2) is 17.5 Å². The van der Waals surface area contributed by atoms with Gasteiger partial charge in [0.15, 0.2) is 5.11 Å². The Labute approximate surface area is 133 Å². The van der Waals surface area contributed by atoms with Gasteiger partial charge in [-0.1, -0.05) is 19.8 Å². The van der Waals surface area contributed by atoms with Crippen molar-refractivity contribution in [3.05, 3.63) is 24.3 Å². The second-order valence-electron chi connectivity index (χ2n) is 5.54. The Balaban J connectivity index is 1.86. The average Bonchev–Trinajstić information content (AvgIpc) is 2.42. The third kappa shape index (κ3) is 5.36. The first-order valence-corrected chi connectivity index (χ1v) is 7.67. The van der Waals surface area contributed by atoms with Gasteiger partial charge in [0.2, 0.25) is 0 Å². The molecule has 1 saturated carbocycles. The average molecular weight is 332 g/mol. The summed E-state index contributed by atoms with van der Waals surface area (Å²) in [5.74, 6) is 0.314. The smallest absolute Gasteiger partial charge is 0.406 e. The zero-order valence-corrected chi connectivity index (χ0v) is 13.1. The van der Waals surface area contributed by atoms with E-state index in [1.54, 1.807) is 0 Å². The summed E-state index contributed by atoms with van der Waals surface area (Å²) >= 11 is 5.26. The minimum Gasteiger partial charge on any atom is -0.406 e. The normalized spacial score (nSPS) is 22.0. The standard InChI is InChI=1S/C15H19F3N2OS/c1-10-4-2-3-5-13(10)20-14(22)19-11-6-8-12(9-7-11)21-15(16,17)18/h6-10,13H,2-5H2,1H3,(H2,19,20,22)/t10-,13-/m1/s1. The first kappa shape index (κ1) is 16.9. The van der Waals surface area contributed by atoms with Gasteiger partial charge in [0.1, 0.15) is 5.75 Å². The highest BCUT2D eigenvalue weighted by Crippen LogP contribution is 2.25. The van der Waals surface area contributed by atoms with Gasteiger partial charge < -0.3 is 15.4 Å². The van der Waals surface area contributed by atoms with Crippen molar-refractivity contribution in [2.45, 2.75) is 45.0 Å². The fraction of sp³-hybridized carbons (Fsp3) is 0.533. The van der Waals surface area contributed by atoms with Gasteiger partial charge >= 0.3 is 6.36 Å². The number of hydrogen-bond acceptors (Lipinski definition) is 2. The molecule has 0 aromatic heterocycles. The summed E-state index contributed by atoms with van der Waals surface area (Å²) < 4.78 is 40.1. The zero-order valence-electron chi connectivity index (χ0n) is 12.2. The van der Waals surface area contributed by atoms with Crippen LogP contribution in [0.2, 0.25) is 0 Å². The summed E-state index contributed by atoms with van der Waals surface area (Å²) in [5, 5.41) is 6.75. The van der Waals surface area contributed by atoms with Crippen molar-refractivity contribution in [3.8, 4) is 5.75 Å². The molecule has 1 aliphatic rings. The van der Waals surface area contributed by atoms with Crippen LogP contribution in [0.25, 0.3) is 0 Å². The molecule has 1 aromatic carbocycles. The van der Waals surface area contributed by atoms with E-state index in [9.17, 15) is 13.2 Å². The predicted octanol–water partition coefficient (Wildman–Crippen LogP) is 4.45. The monoisotopic (exact) mass is 332 g/mol. The SMILES string of the molecule is C[C@@H]1CCCC[C@H]1NC(=S)Nc1ccc(OC(F)(F)F)cc1. The summed E-state index contributed by atoms with van der Waals surface area (Å²) in [4.78, 5) is 0. The van der Waals surface area contributed by atoms with E-state index < -0.39 is 6.36 Å². The van der Waals surface area contributed by atoms with Crippen molar-refractivity contribution < 1.29 is 17.9 Å². The third-order valence-electron chi connectivity index (χ3n) is 3.77. The second kappa shape index (κ2) is 7.17. The number of alkyl halides is 3. The molecular weight excluding hydrogens is 313 g/mol. The van der Waals surface area contributed by atoms with Crippen molar-refractivity contribution in [1.82, 2.24) is 5.32 Å². The first-order chi connectivity index (χ1) is 10.3. The summed E-state index contributed by atoms with van der Waals surface area (Å²) in [6.45, 7) is 2.20. The van der Waals surface area contributed by atoms with Gasteiger partial charge in [-0.25, -0.2) is 0 Å². The van der Waals surface area contributed by atoms with Crippen LogP contribution in [0.15, 0.2) is 24.3 Å². The van der Waals surface area contributed by atoms with Crippen molar-refractivity contribution in [3.63, 3.8) is 0 Å². The number of thiocarbonyl (C=S) groups is 1. The largest absolute Gasteiger partial charge is 0.573 e. The maximum absolute atomic E-state index is 12.1. The van der Waals surface area contributed by atoms with Gasteiger partial charge in [-0.2, -0.15) is 0 Å². The lowest BCUT2D eigenvalue weighted by molar-refractivity contribution is -0.274. The van der Waals surface area contributed by atoms with Crippen molar-refractivity contribution >= 4 is 23.0 Å². The number of nitrogens with one attached hydrogen (secondary N) is 2. The first-order valence-electron chi connectivity index (χ1n) is 7.27. The molecule has 0 unspecified atom stereocenters. The fourth-order valence-electron chi connectivity index (χ4n) is 2.61. The summed E-state index contributed by atoms with van der Waals surface area (Å²) in [6, 6.07) is 5.85. The molecule has 3 nitrogen and oxygen atoms in total. The molecule has 2 rings (SSSR count). The molecule has 122 valence electrons. The van der Waals surface area contributed by atoms with Crippen LogP contribution in [0.5, 0.6) is 5.75 Å². The molecule has 0 aliphatic heterocycles. The molecule has 0 radical (unpaired) electrons. The maximum Gasteiger partial charge on any atom is 0.573 e. The van der Waals surface area contributed by atoms with Crippen LogP contribution >= 0.6 is 12.2 Å². The molecule has 1 aliphatic carbocycles. The number of ether oxygens (including phenoxy) is 1. The third-order valence-corrected chi connectivity index (χ3v) is 3.99. The van der Waals surface area contributed by atoms with E-state index in [1.807, 2.05) is 0 Å². The minimum absolute atomic E-state index is 0.252. The van der Waals surface area contributed by atoms with E-state index in [-0.39, 0.29) is 5.75 Å². The molecular formula is C15H19F3N2OS. The molecule has 0 spiro atoms. The van der Waals surface area contributed by atoms with Crippen LogP contribution in [0.4, 0.5) is 18.9 Å². The molecule has 0 amide bonds. The Bertz CT molecular complexity index is 505. The number of benzene rings is 1. The van der Waals surface area contributed by atoms with Crippen molar-refractivity contribution in [2.24, 2.45) is 5.92 Å². The van der Waals surface area contributed by atoms with Crippen LogP contribution in [0, 0.1) is 5.92 Å². The van der Waals surface area contributed by atoms with Gasteiger partial charge in [-0.15, -0.1) is 13.2 Å². The van der Waals surface area contributed by atoms with Crippen LogP contribution in [-0.2, 0) is 0 Å². The second-order valence-corrected chi connectivity index (χ2v) is 5.95. The Morgan fingerprint density at radius 1 is 1.18 bits per heavy atom. The summed E-state index contributed by atoms with van der Waals surface area (Å²) in [7, 11) is 0. The Hall–Kier alpha value is -1.50. The van der Waals surface area contributed by atoms with Gasteiger partial charge in [-0.3, -0.25) is 0 Å². The lowest BCUT2D eigenvalue weighted by atomic mass is 9.86. The number of hydrogen-bond donors (Lipinski definition) is 2. The Morgan fingerprint density at radius 3 is 2.41 bits per heavy atom. The van der Waals surface area contributed by atoms with E-state index >= 15 is 0 Å². The molecule has 0 heterocycles. The van der Waals surface area contributed by atoms with E-state index in [4.69, 9.17) is 12.2 Å². The summed E-state index contributed by atoms with van der Waals surface area (Å²) in [5.41, 5.74) is 0.621. The summed E-state index contributed by atoms with van der Waals surface area (Å²) in [6.07, 6.45) is 0.0301. The van der Waals surface area contributed by atoms with Gasteiger partial charge in [0.05, 0.1) is 0 Å². The molecule has 1 fully saturated rings. The minimum atomic E-state index is -4.68. The van der Waals surface area contributed by atoms with E-state index in [2.05, 4.69) is 22.3 Å². The van der Waals surface area contributed by atoms with E-state index in [1.165, 1.54) is 43.5 Å². The molecule has 2 atom stereocenters. The van der Waals surface area contributed by atoms with Gasteiger partial charge in [0, 0.05) is 11.7 Å². The Kier molecular flexibility index (Phi) is 5.50. The highest BCUT2D eigenvalue weighted by molar-refractivity contribution is 7.80. The van der Waals surface area contributed by atoms with Gasteiger partial charge in [-0.05, 0) is 55.2 Å². The Morgan fingerprint density at radius 2 is 1.82 bits per heavy atom. The van der Waals surface area contributed by atoms with Crippen molar-refractivity contribution in [2.75, 3.05) is 5.32 Å². The molecule has 2 N–H and O–H groups in total. The maximum atomic E-state index is 12.1. The number of halogens is 3. The number of rotatable bonds is 3. The molecule has 22 heavy (non-hydrogen) atoms. The van der Waals surface area contributed by atoms with Crippen LogP contribution in [0.3, 0.4) is 0 Å². The zero-order chi connectivity index (χ0) is 16.2. The molecule has 0 saturated heterocycles. The quantitative estimate of drug-likeness (QED) is 0.801. The lowest BCUT2D eigenvalue weighted by Gasteiger charge is -2.30. The lowest BCUT2D eigenvalue weighted by Crippen LogP contribution is -2.43. The number of anilines is 1. The highest BCUT2D eigenvalue weighted by Gasteiger charge is 2.31. The predicted molar refractivity (Wildman–Crippen MR) is 83.9 cm³/mol.